The zero-order valence-corrected chi connectivity index (χ0v) is 16.5. The second-order valence-corrected chi connectivity index (χ2v) is 7.57. The maximum absolute atomic E-state index is 12.4. The number of fused-ring (bicyclic) bond motifs is 1. The first-order valence-electron chi connectivity index (χ1n) is 8.44. The van der Waals surface area contributed by atoms with E-state index in [1.165, 1.54) is 11.8 Å². The van der Waals surface area contributed by atoms with Crippen LogP contribution in [0.2, 0.25) is 5.02 Å². The monoisotopic (exact) mass is 396 g/mol. The van der Waals surface area contributed by atoms with Crippen LogP contribution < -0.4 is 5.56 Å². The Labute approximate surface area is 165 Å². The molecule has 0 atom stereocenters. The Morgan fingerprint density at radius 1 is 1.15 bits per heavy atom. The highest BCUT2D eigenvalue weighted by Crippen LogP contribution is 2.28. The molecule has 0 aliphatic heterocycles. The first-order valence-corrected chi connectivity index (χ1v) is 9.80. The fraction of sp³-hybridized carbons (Fsp3) is 0.150. The number of aromatic nitrogens is 4. The van der Waals surface area contributed by atoms with Crippen LogP contribution in [0, 0.1) is 13.8 Å². The number of imidazole rings is 1. The molecule has 4 rings (SSSR count). The molecule has 0 bridgehead atoms. The minimum absolute atomic E-state index is 0.0756. The lowest BCUT2D eigenvalue weighted by atomic mass is 10.2. The van der Waals surface area contributed by atoms with Crippen molar-refractivity contribution in [1.29, 1.82) is 0 Å². The van der Waals surface area contributed by atoms with Gasteiger partial charge in [0.1, 0.15) is 5.65 Å². The molecule has 1 aromatic carbocycles. The Morgan fingerprint density at radius 3 is 2.85 bits per heavy atom. The largest absolute Gasteiger partial charge is 0.295 e. The van der Waals surface area contributed by atoms with Crippen molar-refractivity contribution in [3.05, 3.63) is 87.2 Å². The van der Waals surface area contributed by atoms with Crippen molar-refractivity contribution in [3.8, 4) is 5.69 Å². The number of nitrogens with zero attached hydrogens (tertiary/aromatic N) is 4. The maximum Gasteiger partial charge on any atom is 0.258 e. The van der Waals surface area contributed by atoms with Crippen LogP contribution in [0.4, 0.5) is 0 Å². The van der Waals surface area contributed by atoms with E-state index in [2.05, 4.69) is 9.97 Å². The molecule has 136 valence electrons. The molecule has 0 N–H and O–H groups in total. The number of hydrogen-bond donors (Lipinski definition) is 0. The summed E-state index contributed by atoms with van der Waals surface area (Å²) in [5, 5.41) is 1.55. The molecule has 0 radical (unpaired) electrons. The Kier molecular flexibility index (Phi) is 4.76. The second kappa shape index (κ2) is 7.21. The molecule has 0 amide bonds. The molecular weight excluding hydrogens is 380 g/mol. The number of aryl methyl sites for hydroxylation is 1. The van der Waals surface area contributed by atoms with Crippen LogP contribution in [0.1, 0.15) is 16.8 Å². The lowest BCUT2D eigenvalue weighted by Crippen LogP contribution is -2.15. The van der Waals surface area contributed by atoms with Gasteiger partial charge >= 0.3 is 0 Å². The van der Waals surface area contributed by atoms with Crippen LogP contribution in [0.15, 0.2) is 64.9 Å². The highest BCUT2D eigenvalue weighted by molar-refractivity contribution is 7.98. The van der Waals surface area contributed by atoms with Gasteiger partial charge in [-0.05, 0) is 43.2 Å². The predicted octanol–water partition coefficient (Wildman–Crippen LogP) is 4.44. The minimum Gasteiger partial charge on any atom is -0.295 e. The standard InChI is InChI=1S/C20H17ClN4OS/c1-13-5-4-9-25-18(26)11-15(23-19(13)25)12-27-20-22-8-10-24(20)17-7-3-6-16(21)14(17)2/h3-11H,12H2,1-2H3. The Hall–Kier alpha value is -2.57. The van der Waals surface area contributed by atoms with E-state index in [1.54, 1.807) is 22.9 Å². The van der Waals surface area contributed by atoms with Crippen molar-refractivity contribution in [2.45, 2.75) is 24.8 Å². The normalized spacial score (nSPS) is 11.2. The molecule has 0 aliphatic carbocycles. The molecule has 4 aromatic rings. The van der Waals surface area contributed by atoms with Gasteiger partial charge in [0.15, 0.2) is 5.16 Å². The molecule has 3 aromatic heterocycles. The van der Waals surface area contributed by atoms with Crippen molar-refractivity contribution in [2.75, 3.05) is 0 Å². The summed E-state index contributed by atoms with van der Waals surface area (Å²) in [4.78, 5) is 21.5. The van der Waals surface area contributed by atoms with E-state index in [9.17, 15) is 4.79 Å². The van der Waals surface area contributed by atoms with Gasteiger partial charge in [0.2, 0.25) is 0 Å². The number of rotatable bonds is 4. The number of pyridine rings is 1. The second-order valence-electron chi connectivity index (χ2n) is 6.22. The van der Waals surface area contributed by atoms with Crippen molar-refractivity contribution in [1.82, 2.24) is 18.9 Å². The quantitative estimate of drug-likeness (QED) is 0.478. The van der Waals surface area contributed by atoms with Gasteiger partial charge in [-0.15, -0.1) is 0 Å². The maximum atomic E-state index is 12.4. The van der Waals surface area contributed by atoms with Gasteiger partial charge in [0, 0.05) is 35.4 Å². The molecule has 3 heterocycles. The van der Waals surface area contributed by atoms with Crippen LogP contribution in [0.3, 0.4) is 0 Å². The molecule has 5 nitrogen and oxygen atoms in total. The van der Waals surface area contributed by atoms with E-state index in [0.717, 1.165) is 32.7 Å². The number of hydrogen-bond acceptors (Lipinski definition) is 4. The predicted molar refractivity (Wildman–Crippen MR) is 109 cm³/mol. The van der Waals surface area contributed by atoms with Crippen molar-refractivity contribution in [2.24, 2.45) is 0 Å². The molecular formula is C20H17ClN4OS. The molecule has 0 fully saturated rings. The van der Waals surface area contributed by atoms with Crippen LogP contribution in [0.5, 0.6) is 0 Å². The van der Waals surface area contributed by atoms with Crippen molar-refractivity contribution in [3.63, 3.8) is 0 Å². The van der Waals surface area contributed by atoms with Crippen LogP contribution in [0.25, 0.3) is 11.3 Å². The third-order valence-electron chi connectivity index (χ3n) is 4.39. The van der Waals surface area contributed by atoms with Crippen LogP contribution in [-0.2, 0) is 5.75 Å². The van der Waals surface area contributed by atoms with Crippen LogP contribution >= 0.6 is 23.4 Å². The summed E-state index contributed by atoms with van der Waals surface area (Å²) in [6.45, 7) is 3.94. The third kappa shape index (κ3) is 3.38. The Balaban J connectivity index is 1.65. The van der Waals surface area contributed by atoms with Crippen molar-refractivity contribution >= 4 is 29.0 Å². The molecule has 27 heavy (non-hydrogen) atoms. The molecule has 0 aliphatic rings. The summed E-state index contributed by atoms with van der Waals surface area (Å²) in [5.74, 6) is 0.552. The lowest BCUT2D eigenvalue weighted by molar-refractivity contribution is 0.886. The summed E-state index contributed by atoms with van der Waals surface area (Å²) in [6.07, 6.45) is 5.41. The topological polar surface area (TPSA) is 52.2 Å². The molecule has 0 spiro atoms. The fourth-order valence-corrected chi connectivity index (χ4v) is 3.99. The van der Waals surface area contributed by atoms with Crippen molar-refractivity contribution < 1.29 is 0 Å². The average Bonchev–Trinajstić information content (AvgIpc) is 3.11. The van der Waals surface area contributed by atoms with Gasteiger partial charge in [-0.2, -0.15) is 0 Å². The van der Waals surface area contributed by atoms with Gasteiger partial charge in [0.25, 0.3) is 5.56 Å². The van der Waals surface area contributed by atoms with E-state index in [4.69, 9.17) is 11.6 Å². The van der Waals surface area contributed by atoms with E-state index >= 15 is 0 Å². The smallest absolute Gasteiger partial charge is 0.258 e. The third-order valence-corrected chi connectivity index (χ3v) is 5.80. The fourth-order valence-electron chi connectivity index (χ4n) is 2.96. The number of benzene rings is 1. The van der Waals surface area contributed by atoms with Crippen LogP contribution in [-0.4, -0.2) is 18.9 Å². The summed E-state index contributed by atoms with van der Waals surface area (Å²) in [6, 6.07) is 11.2. The lowest BCUT2D eigenvalue weighted by Gasteiger charge is -2.11. The van der Waals surface area contributed by atoms with E-state index in [0.29, 0.717) is 11.4 Å². The summed E-state index contributed by atoms with van der Waals surface area (Å²) < 4.78 is 3.57. The van der Waals surface area contributed by atoms with Gasteiger partial charge in [-0.25, -0.2) is 9.97 Å². The molecule has 7 heteroatoms. The Bertz CT molecular complexity index is 1200. The SMILES string of the molecule is Cc1c(Cl)cccc1-n1ccnc1SCc1cc(=O)n2cccc(C)c2n1. The van der Waals surface area contributed by atoms with Gasteiger partial charge in [-0.1, -0.05) is 35.5 Å². The highest BCUT2D eigenvalue weighted by Gasteiger charge is 2.11. The molecule has 0 saturated heterocycles. The summed E-state index contributed by atoms with van der Waals surface area (Å²) in [7, 11) is 0. The highest BCUT2D eigenvalue weighted by atomic mass is 35.5. The molecule has 0 unspecified atom stereocenters. The van der Waals surface area contributed by atoms with E-state index < -0.39 is 0 Å². The zero-order chi connectivity index (χ0) is 19.0. The van der Waals surface area contributed by atoms with E-state index in [-0.39, 0.29) is 5.56 Å². The first kappa shape index (κ1) is 17.8. The van der Waals surface area contributed by atoms with E-state index in [1.807, 2.05) is 54.9 Å². The zero-order valence-electron chi connectivity index (χ0n) is 14.9. The number of halogens is 1. The number of thioether (sulfide) groups is 1. The summed E-state index contributed by atoms with van der Waals surface area (Å²) in [5.41, 5.74) is 4.30. The first-order chi connectivity index (χ1) is 13.0. The molecule has 0 saturated carbocycles. The Morgan fingerprint density at radius 2 is 2.00 bits per heavy atom. The van der Waals surface area contributed by atoms with Gasteiger partial charge < -0.3 is 0 Å². The average molecular weight is 397 g/mol. The minimum atomic E-state index is -0.0756. The summed E-state index contributed by atoms with van der Waals surface area (Å²) >= 11 is 7.79. The van der Waals surface area contributed by atoms with Gasteiger partial charge in [0.05, 0.1) is 11.4 Å². The van der Waals surface area contributed by atoms with Gasteiger partial charge in [-0.3, -0.25) is 13.8 Å².